The topological polar surface area (TPSA) is 47.3 Å². The first kappa shape index (κ1) is 15.5. The highest BCUT2D eigenvalue weighted by molar-refractivity contribution is 5.50. The van der Waals surface area contributed by atoms with Gasteiger partial charge in [0.25, 0.3) is 0 Å². The molecule has 2 rings (SSSR count). The van der Waals surface area contributed by atoms with E-state index in [0.29, 0.717) is 19.6 Å². The molecule has 21 heavy (non-hydrogen) atoms. The van der Waals surface area contributed by atoms with Crippen molar-refractivity contribution in [2.45, 2.75) is 26.0 Å². The fourth-order valence-corrected chi connectivity index (χ4v) is 1.99. The Labute approximate surface area is 125 Å². The van der Waals surface area contributed by atoms with Gasteiger partial charge in [-0.25, -0.2) is 4.98 Å². The summed E-state index contributed by atoms with van der Waals surface area (Å²) in [6, 6.07) is 8.29. The van der Waals surface area contributed by atoms with Crippen molar-refractivity contribution >= 4 is 6.08 Å². The molecule has 0 amide bonds. The van der Waals surface area contributed by atoms with Gasteiger partial charge in [-0.15, -0.1) is 0 Å². The summed E-state index contributed by atoms with van der Waals surface area (Å²) in [4.78, 5) is 4.03. The monoisotopic (exact) mass is 286 g/mol. The Bertz CT molecular complexity index is 532. The first-order valence-corrected chi connectivity index (χ1v) is 7.26. The molecule has 4 heteroatoms. The number of aromatic nitrogens is 2. The fourth-order valence-electron chi connectivity index (χ4n) is 1.99. The number of ether oxygens (including phenoxy) is 1. The zero-order valence-corrected chi connectivity index (χ0v) is 12.4. The molecule has 0 aliphatic carbocycles. The molecule has 4 nitrogen and oxygen atoms in total. The number of benzene rings is 1. The highest BCUT2D eigenvalue weighted by atomic mass is 16.5. The second kappa shape index (κ2) is 8.39. The molecule has 2 aromatic rings. The molecule has 1 unspecified atom stereocenters. The smallest absolute Gasteiger partial charge is 0.0949 e. The lowest BCUT2D eigenvalue weighted by Gasteiger charge is -2.06. The summed E-state index contributed by atoms with van der Waals surface area (Å²) in [6.45, 7) is 4.05. The third-order valence-electron chi connectivity index (χ3n) is 3.18. The Hall–Kier alpha value is -1.91. The largest absolute Gasteiger partial charge is 0.389 e. The lowest BCUT2D eigenvalue weighted by atomic mass is 10.1. The van der Waals surface area contributed by atoms with Crippen LogP contribution in [0.1, 0.15) is 24.5 Å². The Morgan fingerprint density at radius 3 is 2.81 bits per heavy atom. The van der Waals surface area contributed by atoms with Crippen LogP contribution in [-0.2, 0) is 11.3 Å². The van der Waals surface area contributed by atoms with Crippen molar-refractivity contribution in [2.24, 2.45) is 0 Å². The average molecular weight is 286 g/mol. The Kier molecular flexibility index (Phi) is 6.19. The number of hydrogen-bond donors (Lipinski definition) is 1. The van der Waals surface area contributed by atoms with Gasteiger partial charge >= 0.3 is 0 Å². The van der Waals surface area contributed by atoms with E-state index in [4.69, 9.17) is 4.74 Å². The number of nitrogens with zero attached hydrogens (tertiary/aromatic N) is 2. The first-order chi connectivity index (χ1) is 10.3. The van der Waals surface area contributed by atoms with Crippen molar-refractivity contribution in [2.75, 3.05) is 13.2 Å². The Balaban J connectivity index is 1.84. The van der Waals surface area contributed by atoms with Crippen molar-refractivity contribution in [3.8, 4) is 0 Å². The second-order valence-electron chi connectivity index (χ2n) is 4.89. The van der Waals surface area contributed by atoms with Crippen molar-refractivity contribution in [3.05, 3.63) is 60.2 Å². The van der Waals surface area contributed by atoms with Gasteiger partial charge in [-0.05, 0) is 18.1 Å². The number of rotatable bonds is 8. The molecular weight excluding hydrogens is 264 g/mol. The van der Waals surface area contributed by atoms with Gasteiger partial charge in [-0.3, -0.25) is 0 Å². The predicted molar refractivity (Wildman–Crippen MR) is 83.9 cm³/mol. The van der Waals surface area contributed by atoms with Crippen molar-refractivity contribution in [3.63, 3.8) is 0 Å². The maximum absolute atomic E-state index is 9.79. The van der Waals surface area contributed by atoms with Crippen LogP contribution < -0.4 is 0 Å². The third kappa shape index (κ3) is 5.53. The van der Waals surface area contributed by atoms with Gasteiger partial charge in [0.2, 0.25) is 0 Å². The van der Waals surface area contributed by atoms with Crippen molar-refractivity contribution in [1.82, 2.24) is 9.55 Å². The van der Waals surface area contributed by atoms with Crippen LogP contribution in [0, 0.1) is 0 Å². The minimum absolute atomic E-state index is 0.456. The SMILES string of the molecule is CCOCCC(O)/C=C/c1ccc(Cn2ccnc2)cc1. The van der Waals surface area contributed by atoms with E-state index in [2.05, 4.69) is 29.2 Å². The zero-order chi connectivity index (χ0) is 14.9. The summed E-state index contributed by atoms with van der Waals surface area (Å²) < 4.78 is 7.25. The van der Waals surface area contributed by atoms with Gasteiger partial charge in [0, 0.05) is 38.6 Å². The summed E-state index contributed by atoms with van der Waals surface area (Å²) in [7, 11) is 0. The lowest BCUT2D eigenvalue weighted by molar-refractivity contribution is 0.107. The highest BCUT2D eigenvalue weighted by Gasteiger charge is 1.99. The van der Waals surface area contributed by atoms with E-state index in [0.717, 1.165) is 12.1 Å². The maximum Gasteiger partial charge on any atom is 0.0949 e. The molecule has 1 atom stereocenters. The summed E-state index contributed by atoms with van der Waals surface area (Å²) >= 11 is 0. The molecule has 0 spiro atoms. The second-order valence-corrected chi connectivity index (χ2v) is 4.89. The van der Waals surface area contributed by atoms with Gasteiger partial charge in [0.1, 0.15) is 0 Å². The normalized spacial score (nSPS) is 12.9. The number of aliphatic hydroxyl groups excluding tert-OH is 1. The maximum atomic E-state index is 9.79. The molecule has 0 aliphatic rings. The van der Waals surface area contributed by atoms with E-state index in [-0.39, 0.29) is 0 Å². The number of aliphatic hydroxyl groups is 1. The molecule has 1 aromatic heterocycles. The molecule has 0 bridgehead atoms. The quantitative estimate of drug-likeness (QED) is 0.759. The van der Waals surface area contributed by atoms with Crippen LogP contribution in [0.15, 0.2) is 49.1 Å². The van der Waals surface area contributed by atoms with Gasteiger partial charge in [0.15, 0.2) is 0 Å². The van der Waals surface area contributed by atoms with Crippen molar-refractivity contribution < 1.29 is 9.84 Å². The lowest BCUT2D eigenvalue weighted by Crippen LogP contribution is -2.07. The van der Waals surface area contributed by atoms with Gasteiger partial charge in [0.05, 0.1) is 12.4 Å². The average Bonchev–Trinajstić information content (AvgIpc) is 3.00. The van der Waals surface area contributed by atoms with Gasteiger partial charge in [-0.2, -0.15) is 0 Å². The van der Waals surface area contributed by atoms with E-state index in [1.165, 1.54) is 5.56 Å². The molecule has 0 saturated heterocycles. The molecule has 0 radical (unpaired) electrons. The minimum Gasteiger partial charge on any atom is -0.389 e. The molecule has 1 heterocycles. The molecular formula is C17H22N2O2. The van der Waals surface area contributed by atoms with E-state index in [1.807, 2.05) is 36.2 Å². The summed E-state index contributed by atoms with van der Waals surface area (Å²) in [5, 5.41) is 9.79. The van der Waals surface area contributed by atoms with Crippen LogP contribution in [0.2, 0.25) is 0 Å². The van der Waals surface area contributed by atoms with Crippen LogP contribution >= 0.6 is 0 Å². The minimum atomic E-state index is -0.456. The molecule has 1 aromatic carbocycles. The van der Waals surface area contributed by atoms with Crippen molar-refractivity contribution in [1.29, 1.82) is 0 Å². The van der Waals surface area contributed by atoms with Crippen LogP contribution in [0.5, 0.6) is 0 Å². The highest BCUT2D eigenvalue weighted by Crippen LogP contribution is 2.09. The van der Waals surface area contributed by atoms with Crippen LogP contribution in [0.3, 0.4) is 0 Å². The number of hydrogen-bond acceptors (Lipinski definition) is 3. The molecule has 0 aliphatic heterocycles. The van der Waals surface area contributed by atoms with E-state index < -0.39 is 6.10 Å². The summed E-state index contributed by atoms with van der Waals surface area (Å²) in [5.74, 6) is 0. The Morgan fingerprint density at radius 2 is 2.14 bits per heavy atom. The van der Waals surface area contributed by atoms with Gasteiger partial charge in [-0.1, -0.05) is 36.4 Å². The molecule has 0 fully saturated rings. The summed E-state index contributed by atoms with van der Waals surface area (Å²) in [6.07, 6.45) is 9.46. The first-order valence-electron chi connectivity index (χ1n) is 7.26. The predicted octanol–water partition coefficient (Wildman–Crippen LogP) is 2.73. The Morgan fingerprint density at radius 1 is 1.33 bits per heavy atom. The van der Waals surface area contributed by atoms with Crippen LogP contribution in [0.25, 0.3) is 6.08 Å². The molecule has 0 saturated carbocycles. The van der Waals surface area contributed by atoms with E-state index in [1.54, 1.807) is 6.20 Å². The van der Waals surface area contributed by atoms with Crippen LogP contribution in [0.4, 0.5) is 0 Å². The zero-order valence-electron chi connectivity index (χ0n) is 12.4. The third-order valence-corrected chi connectivity index (χ3v) is 3.18. The fraction of sp³-hybridized carbons (Fsp3) is 0.353. The van der Waals surface area contributed by atoms with Gasteiger partial charge < -0.3 is 14.4 Å². The van der Waals surface area contributed by atoms with E-state index in [9.17, 15) is 5.11 Å². The molecule has 1 N–H and O–H groups in total. The van der Waals surface area contributed by atoms with Crippen LogP contribution in [-0.4, -0.2) is 34.0 Å². The summed E-state index contributed by atoms with van der Waals surface area (Å²) in [5.41, 5.74) is 2.31. The number of imidazole rings is 1. The van der Waals surface area contributed by atoms with E-state index >= 15 is 0 Å². The molecule has 112 valence electrons. The standard InChI is InChI=1S/C17H22N2O2/c1-2-21-12-9-17(20)8-7-15-3-5-16(6-4-15)13-19-11-10-18-14-19/h3-8,10-11,14,17,20H,2,9,12-13H2,1H3/b8-7+.